The SMILES string of the molecule is C.COC(=O)c1cccc(=O)n1CC(N)=O.NC(=O)Cn1c(C(=O)O)cccc1=O.[Li+].[OH-]. The van der Waals surface area contributed by atoms with E-state index in [1.807, 2.05) is 0 Å². The molecule has 0 radical (unpaired) electrons. The van der Waals surface area contributed by atoms with Gasteiger partial charge in [-0.15, -0.1) is 0 Å². The number of carboxylic acids is 1. The average Bonchev–Trinajstić information content (AvgIpc) is 2.64. The zero-order valence-electron chi connectivity index (χ0n) is 16.7. The van der Waals surface area contributed by atoms with Gasteiger partial charge in [0.2, 0.25) is 11.8 Å². The molecule has 0 unspecified atom stereocenters. The van der Waals surface area contributed by atoms with Crippen molar-refractivity contribution in [2.24, 2.45) is 11.5 Å². The van der Waals surface area contributed by atoms with Gasteiger partial charge >= 0.3 is 30.8 Å². The summed E-state index contributed by atoms with van der Waals surface area (Å²) in [6.45, 7) is -0.772. The number of hydrogen-bond acceptors (Lipinski definition) is 8. The minimum atomic E-state index is -1.27. The second-order valence-electron chi connectivity index (χ2n) is 5.40. The summed E-state index contributed by atoms with van der Waals surface area (Å²) in [6, 6.07) is 7.73. The van der Waals surface area contributed by atoms with Crippen molar-refractivity contribution in [3.63, 3.8) is 0 Å². The van der Waals surface area contributed by atoms with E-state index in [1.165, 1.54) is 37.4 Å². The van der Waals surface area contributed by atoms with Crippen LogP contribution in [0.5, 0.6) is 0 Å². The maximum atomic E-state index is 11.3. The van der Waals surface area contributed by atoms with E-state index in [0.29, 0.717) is 0 Å². The minimum absolute atomic E-state index is 0. The number of carbonyl (C=O) groups excluding carboxylic acids is 3. The van der Waals surface area contributed by atoms with Gasteiger partial charge in [0, 0.05) is 12.1 Å². The van der Waals surface area contributed by atoms with Crippen molar-refractivity contribution in [3.8, 4) is 0 Å². The summed E-state index contributed by atoms with van der Waals surface area (Å²) in [4.78, 5) is 65.7. The second kappa shape index (κ2) is 15.2. The molecular weight excluding hydrogens is 423 g/mol. The van der Waals surface area contributed by atoms with Crippen molar-refractivity contribution in [2.45, 2.75) is 20.5 Å². The van der Waals surface area contributed by atoms with E-state index in [2.05, 4.69) is 4.74 Å². The molecule has 0 aliphatic carbocycles. The van der Waals surface area contributed by atoms with Gasteiger partial charge in [-0.3, -0.25) is 28.3 Å². The van der Waals surface area contributed by atoms with Crippen LogP contribution in [-0.2, 0) is 27.4 Å². The van der Waals surface area contributed by atoms with Gasteiger partial charge < -0.3 is 26.8 Å². The monoisotopic (exact) mass is 446 g/mol. The molecule has 0 saturated carbocycles. The van der Waals surface area contributed by atoms with Gasteiger partial charge in [-0.1, -0.05) is 19.6 Å². The number of nitrogens with two attached hydrogens (primary N) is 2. The Balaban J connectivity index is -0.000000481. The molecule has 2 rings (SSSR count). The Morgan fingerprint density at radius 1 is 0.875 bits per heavy atom. The number of carboxylic acid groups (broad SMARTS) is 1. The van der Waals surface area contributed by atoms with E-state index in [0.717, 1.165) is 15.2 Å². The molecule has 170 valence electrons. The fourth-order valence-corrected chi connectivity index (χ4v) is 2.15. The van der Waals surface area contributed by atoms with Gasteiger partial charge in [-0.2, -0.15) is 0 Å². The van der Waals surface area contributed by atoms with Gasteiger partial charge in [0.05, 0.1) is 7.11 Å². The molecule has 0 saturated heterocycles. The number of ether oxygens (including phenoxy) is 1. The summed E-state index contributed by atoms with van der Waals surface area (Å²) in [5.74, 6) is -3.42. The van der Waals surface area contributed by atoms with Crippen LogP contribution in [0.2, 0.25) is 0 Å². The van der Waals surface area contributed by atoms with Crippen LogP contribution >= 0.6 is 0 Å². The summed E-state index contributed by atoms with van der Waals surface area (Å²) in [5.41, 5.74) is 8.53. The van der Waals surface area contributed by atoms with Gasteiger partial charge in [0.1, 0.15) is 24.5 Å². The third-order valence-corrected chi connectivity index (χ3v) is 3.34. The fourth-order valence-electron chi connectivity index (χ4n) is 2.15. The summed E-state index contributed by atoms with van der Waals surface area (Å²) < 4.78 is 6.24. The van der Waals surface area contributed by atoms with Crippen molar-refractivity contribution < 1.29 is 53.4 Å². The van der Waals surface area contributed by atoms with Crippen molar-refractivity contribution in [1.29, 1.82) is 0 Å². The third kappa shape index (κ3) is 9.43. The molecule has 13 nitrogen and oxygen atoms in total. The normalized spacial score (nSPS) is 8.78. The molecule has 0 aromatic carbocycles. The van der Waals surface area contributed by atoms with Crippen molar-refractivity contribution in [3.05, 3.63) is 68.5 Å². The van der Waals surface area contributed by atoms with Crippen LogP contribution in [0.1, 0.15) is 28.4 Å². The fraction of sp³-hybridized carbons (Fsp3) is 0.222. The van der Waals surface area contributed by atoms with Crippen LogP contribution < -0.4 is 41.4 Å². The number of pyridine rings is 2. The zero-order valence-corrected chi connectivity index (χ0v) is 16.7. The summed E-state index contributed by atoms with van der Waals surface area (Å²) in [5, 5.41) is 8.69. The van der Waals surface area contributed by atoms with Crippen LogP contribution in [0, 0.1) is 0 Å². The number of methoxy groups -OCH3 is 1. The average molecular weight is 446 g/mol. The molecule has 0 aliphatic heterocycles. The standard InChI is InChI=1S/C9H10N2O4.C8H8N2O4.CH4.Li.H2O/c1-15-9(14)6-3-2-4-8(13)11(6)5-7(10)12;9-6(11)4-10-5(8(13)14)2-1-3-7(10)12;;;/h2-4H,5H2,1H3,(H2,10,12);1-3H,4H2,(H2,9,11)(H,13,14);1H4;;1H2/q;;;+1;/p-1. The van der Waals surface area contributed by atoms with Crippen molar-refractivity contribution >= 4 is 23.8 Å². The molecular formula is C18H23LiN4O9. The first-order chi connectivity index (χ1) is 13.6. The van der Waals surface area contributed by atoms with Crippen LogP contribution in [0.4, 0.5) is 0 Å². The number of amides is 2. The number of aromatic carboxylic acids is 1. The molecule has 0 aliphatic rings. The molecule has 0 bridgehead atoms. The largest absolute Gasteiger partial charge is 1.00 e. The quantitative estimate of drug-likeness (QED) is 0.287. The zero-order chi connectivity index (χ0) is 22.1. The molecule has 2 heterocycles. The first-order valence-corrected chi connectivity index (χ1v) is 7.86. The topological polar surface area (TPSA) is 224 Å². The predicted octanol–water partition coefficient (Wildman–Crippen LogP) is -4.38. The smallest absolute Gasteiger partial charge is 0.870 e. The number of aromatic nitrogens is 2. The molecule has 0 spiro atoms. The second-order valence-corrected chi connectivity index (χ2v) is 5.40. The molecule has 14 heteroatoms. The molecule has 32 heavy (non-hydrogen) atoms. The molecule has 0 atom stereocenters. The number of carbonyl (C=O) groups is 4. The Morgan fingerprint density at radius 2 is 1.25 bits per heavy atom. The molecule has 2 amide bonds. The van der Waals surface area contributed by atoms with E-state index in [9.17, 15) is 28.8 Å². The molecule has 6 N–H and O–H groups in total. The Kier molecular flexibility index (Phi) is 15.7. The van der Waals surface area contributed by atoms with Crippen molar-refractivity contribution in [1.82, 2.24) is 9.13 Å². The molecule has 2 aromatic rings. The Bertz CT molecular complexity index is 1060. The summed E-state index contributed by atoms with van der Waals surface area (Å²) in [7, 11) is 1.19. The van der Waals surface area contributed by atoms with Gasteiger partial charge in [-0.05, 0) is 12.1 Å². The van der Waals surface area contributed by atoms with Gasteiger partial charge in [0.15, 0.2) is 0 Å². The van der Waals surface area contributed by atoms with Crippen LogP contribution in [0.3, 0.4) is 0 Å². The Hall–Kier alpha value is -3.66. The Labute approximate surface area is 194 Å². The predicted molar refractivity (Wildman–Crippen MR) is 107 cm³/mol. The molecule has 2 aromatic heterocycles. The van der Waals surface area contributed by atoms with Crippen LogP contribution in [0.15, 0.2) is 46.0 Å². The van der Waals surface area contributed by atoms with E-state index in [4.69, 9.17) is 16.6 Å². The minimum Gasteiger partial charge on any atom is -0.870 e. The summed E-state index contributed by atoms with van der Waals surface area (Å²) in [6.07, 6.45) is 0. The van der Waals surface area contributed by atoms with Crippen LogP contribution in [0.25, 0.3) is 0 Å². The Morgan fingerprint density at radius 3 is 1.59 bits per heavy atom. The number of nitrogens with zero attached hydrogens (tertiary/aromatic N) is 2. The maximum Gasteiger partial charge on any atom is 1.00 e. The van der Waals surface area contributed by atoms with E-state index in [1.54, 1.807) is 0 Å². The van der Waals surface area contributed by atoms with E-state index >= 15 is 0 Å². The summed E-state index contributed by atoms with van der Waals surface area (Å²) >= 11 is 0. The van der Waals surface area contributed by atoms with E-state index in [-0.39, 0.29) is 49.7 Å². The first-order valence-electron chi connectivity index (χ1n) is 7.86. The first kappa shape index (κ1) is 33.0. The number of esters is 1. The number of rotatable bonds is 6. The molecule has 0 fully saturated rings. The van der Waals surface area contributed by atoms with Gasteiger partial charge in [-0.25, -0.2) is 9.59 Å². The third-order valence-electron chi connectivity index (χ3n) is 3.34. The van der Waals surface area contributed by atoms with Crippen molar-refractivity contribution in [2.75, 3.05) is 7.11 Å². The van der Waals surface area contributed by atoms with Gasteiger partial charge in [0.25, 0.3) is 11.1 Å². The van der Waals surface area contributed by atoms with E-state index < -0.39 is 41.4 Å². The maximum absolute atomic E-state index is 11.3. The number of primary amides is 2. The van der Waals surface area contributed by atoms with Crippen LogP contribution in [-0.4, -0.2) is 50.6 Å². The number of hydrogen-bond donors (Lipinski definition) is 3.